The Labute approximate surface area is 70.5 Å². The van der Waals surface area contributed by atoms with Gasteiger partial charge in [0, 0.05) is 6.92 Å². The van der Waals surface area contributed by atoms with Crippen molar-refractivity contribution in [2.45, 2.75) is 20.3 Å². The van der Waals surface area contributed by atoms with Crippen LogP contribution in [0.5, 0.6) is 0 Å². The van der Waals surface area contributed by atoms with Crippen molar-refractivity contribution in [2.24, 2.45) is 0 Å². The average molecular weight is 169 g/mol. The van der Waals surface area contributed by atoms with E-state index in [1.807, 2.05) is 6.92 Å². The molecule has 0 aliphatic rings. The number of hydrogen-bond acceptors (Lipinski definition) is 4. The van der Waals surface area contributed by atoms with Gasteiger partial charge in [-0.3, -0.25) is 0 Å². The molecule has 1 aromatic rings. The summed E-state index contributed by atoms with van der Waals surface area (Å²) in [6, 6.07) is 0. The molecule has 0 aliphatic heterocycles. The largest absolute Gasteiger partial charge is 0.461 e. The molecule has 0 aliphatic carbocycles. The van der Waals surface area contributed by atoms with E-state index >= 15 is 0 Å². The lowest BCUT2D eigenvalue weighted by molar-refractivity contribution is 0.0498. The van der Waals surface area contributed by atoms with Crippen LogP contribution in [0.25, 0.3) is 0 Å². The molecular weight excluding hydrogens is 158 g/mol. The molecule has 12 heavy (non-hydrogen) atoms. The van der Waals surface area contributed by atoms with Crippen LogP contribution >= 0.6 is 0 Å². The highest BCUT2D eigenvalue weighted by molar-refractivity contribution is 5.86. The van der Waals surface area contributed by atoms with E-state index in [1.165, 1.54) is 6.26 Å². The van der Waals surface area contributed by atoms with Crippen molar-refractivity contribution in [3.8, 4) is 0 Å². The minimum absolute atomic E-state index is 0.237. The first kappa shape index (κ1) is 8.77. The van der Waals surface area contributed by atoms with Crippen LogP contribution in [-0.4, -0.2) is 17.6 Å². The lowest BCUT2D eigenvalue weighted by atomic mass is 10.5. The molecule has 0 unspecified atom stereocenters. The third-order valence-electron chi connectivity index (χ3n) is 1.27. The molecular formula is C8H11NO3. The average Bonchev–Trinajstić information content (AvgIpc) is 2.47. The summed E-state index contributed by atoms with van der Waals surface area (Å²) in [5, 5.41) is 0. The SMILES string of the molecule is CCCOC(=O)c1coc(C)n1. The van der Waals surface area contributed by atoms with Gasteiger partial charge in [0.25, 0.3) is 0 Å². The minimum Gasteiger partial charge on any atom is -0.461 e. The zero-order valence-electron chi connectivity index (χ0n) is 7.16. The highest BCUT2D eigenvalue weighted by Gasteiger charge is 2.10. The third-order valence-corrected chi connectivity index (χ3v) is 1.27. The van der Waals surface area contributed by atoms with Crippen LogP contribution in [0, 0.1) is 6.92 Å². The molecule has 0 radical (unpaired) electrons. The Balaban J connectivity index is 2.53. The Kier molecular flexibility index (Phi) is 2.85. The monoisotopic (exact) mass is 169 g/mol. The summed E-state index contributed by atoms with van der Waals surface area (Å²) in [5.74, 6) is 0.0483. The van der Waals surface area contributed by atoms with Crippen LogP contribution < -0.4 is 0 Å². The number of oxazole rings is 1. The molecule has 4 heteroatoms. The van der Waals surface area contributed by atoms with E-state index in [0.29, 0.717) is 12.5 Å². The normalized spacial score (nSPS) is 9.83. The summed E-state index contributed by atoms with van der Waals surface area (Å²) in [4.78, 5) is 14.9. The fourth-order valence-electron chi connectivity index (χ4n) is 0.726. The van der Waals surface area contributed by atoms with Crippen LogP contribution in [0.4, 0.5) is 0 Å². The first-order valence-electron chi connectivity index (χ1n) is 3.83. The molecule has 0 amide bonds. The van der Waals surface area contributed by atoms with Gasteiger partial charge in [0.2, 0.25) is 0 Å². The zero-order valence-corrected chi connectivity index (χ0v) is 7.16. The summed E-state index contributed by atoms with van der Waals surface area (Å²) in [7, 11) is 0. The number of carbonyl (C=O) groups excluding carboxylic acids is 1. The van der Waals surface area contributed by atoms with Gasteiger partial charge < -0.3 is 9.15 Å². The van der Waals surface area contributed by atoms with E-state index in [-0.39, 0.29) is 5.69 Å². The van der Waals surface area contributed by atoms with E-state index < -0.39 is 5.97 Å². The molecule has 0 aromatic carbocycles. The number of ether oxygens (including phenoxy) is 1. The van der Waals surface area contributed by atoms with E-state index in [2.05, 4.69) is 4.98 Å². The highest BCUT2D eigenvalue weighted by Crippen LogP contribution is 2.02. The molecule has 1 rings (SSSR count). The van der Waals surface area contributed by atoms with Crippen molar-refractivity contribution in [2.75, 3.05) is 6.61 Å². The van der Waals surface area contributed by atoms with Crippen molar-refractivity contribution in [1.29, 1.82) is 0 Å². The molecule has 4 nitrogen and oxygen atoms in total. The Hall–Kier alpha value is -1.32. The van der Waals surface area contributed by atoms with Gasteiger partial charge in [0.1, 0.15) is 6.26 Å². The second kappa shape index (κ2) is 3.90. The number of rotatable bonds is 3. The first-order chi connectivity index (χ1) is 5.74. The van der Waals surface area contributed by atoms with E-state index in [1.54, 1.807) is 6.92 Å². The highest BCUT2D eigenvalue weighted by atomic mass is 16.5. The van der Waals surface area contributed by atoms with Crippen molar-refractivity contribution in [3.05, 3.63) is 17.8 Å². The van der Waals surface area contributed by atoms with Crippen LogP contribution in [0.15, 0.2) is 10.7 Å². The molecule has 0 fully saturated rings. The number of nitrogens with zero attached hydrogens (tertiary/aromatic N) is 1. The van der Waals surface area contributed by atoms with Gasteiger partial charge in [-0.15, -0.1) is 0 Å². The summed E-state index contributed by atoms with van der Waals surface area (Å²) < 4.78 is 9.68. The number of aryl methyl sites for hydroxylation is 1. The van der Waals surface area contributed by atoms with Gasteiger partial charge in [-0.1, -0.05) is 6.92 Å². The maximum Gasteiger partial charge on any atom is 0.360 e. The summed E-state index contributed by atoms with van der Waals surface area (Å²) in [5.41, 5.74) is 0.237. The first-order valence-corrected chi connectivity index (χ1v) is 3.83. The molecule has 0 atom stereocenters. The standard InChI is InChI=1S/C8H11NO3/c1-3-4-11-8(10)7-5-12-6(2)9-7/h5H,3-4H2,1-2H3. The molecule has 0 spiro atoms. The number of esters is 1. The molecule has 0 N–H and O–H groups in total. The van der Waals surface area contributed by atoms with Gasteiger partial charge >= 0.3 is 5.97 Å². The number of hydrogen-bond donors (Lipinski definition) is 0. The second-order valence-electron chi connectivity index (χ2n) is 2.39. The minimum atomic E-state index is -0.422. The predicted octanol–water partition coefficient (Wildman–Crippen LogP) is 1.55. The van der Waals surface area contributed by atoms with Gasteiger partial charge in [-0.25, -0.2) is 9.78 Å². The summed E-state index contributed by atoms with van der Waals surface area (Å²) in [6.07, 6.45) is 2.11. The maximum absolute atomic E-state index is 11.1. The molecule has 1 heterocycles. The van der Waals surface area contributed by atoms with Gasteiger partial charge in [-0.05, 0) is 6.42 Å². The lowest BCUT2D eigenvalue weighted by Gasteiger charge is -1.97. The fourth-order valence-corrected chi connectivity index (χ4v) is 0.726. The van der Waals surface area contributed by atoms with E-state index in [9.17, 15) is 4.79 Å². The van der Waals surface area contributed by atoms with Crippen molar-refractivity contribution in [1.82, 2.24) is 4.98 Å². The predicted molar refractivity (Wildman–Crippen MR) is 41.8 cm³/mol. The topological polar surface area (TPSA) is 52.3 Å². The Morgan fingerprint density at radius 2 is 2.50 bits per heavy atom. The van der Waals surface area contributed by atoms with Gasteiger partial charge in [-0.2, -0.15) is 0 Å². The van der Waals surface area contributed by atoms with Crippen LogP contribution in [0.1, 0.15) is 29.7 Å². The van der Waals surface area contributed by atoms with Gasteiger partial charge in [0.05, 0.1) is 6.61 Å². The van der Waals surface area contributed by atoms with Crippen molar-refractivity contribution < 1.29 is 13.9 Å². The number of carbonyl (C=O) groups is 1. The third kappa shape index (κ3) is 2.08. The van der Waals surface area contributed by atoms with Crippen LogP contribution in [0.3, 0.4) is 0 Å². The number of aromatic nitrogens is 1. The zero-order chi connectivity index (χ0) is 8.97. The van der Waals surface area contributed by atoms with Crippen LogP contribution in [0.2, 0.25) is 0 Å². The van der Waals surface area contributed by atoms with Crippen LogP contribution in [-0.2, 0) is 4.74 Å². The molecule has 0 bridgehead atoms. The Bertz CT molecular complexity index is 267. The molecule has 0 saturated heterocycles. The second-order valence-corrected chi connectivity index (χ2v) is 2.39. The lowest BCUT2D eigenvalue weighted by Crippen LogP contribution is -2.05. The Morgan fingerprint density at radius 3 is 3.00 bits per heavy atom. The molecule has 1 aromatic heterocycles. The Morgan fingerprint density at radius 1 is 1.75 bits per heavy atom. The summed E-state index contributed by atoms with van der Waals surface area (Å²) >= 11 is 0. The molecule has 0 saturated carbocycles. The van der Waals surface area contributed by atoms with E-state index in [4.69, 9.17) is 9.15 Å². The summed E-state index contributed by atoms with van der Waals surface area (Å²) in [6.45, 7) is 4.03. The van der Waals surface area contributed by atoms with E-state index in [0.717, 1.165) is 6.42 Å². The van der Waals surface area contributed by atoms with Gasteiger partial charge in [0.15, 0.2) is 11.6 Å². The fraction of sp³-hybridized carbons (Fsp3) is 0.500. The molecule has 66 valence electrons. The quantitative estimate of drug-likeness (QED) is 0.644. The van der Waals surface area contributed by atoms with Crippen molar-refractivity contribution >= 4 is 5.97 Å². The smallest absolute Gasteiger partial charge is 0.360 e. The maximum atomic E-state index is 11.1. The van der Waals surface area contributed by atoms with Crippen molar-refractivity contribution in [3.63, 3.8) is 0 Å².